The van der Waals surface area contributed by atoms with Crippen LogP contribution in [0, 0.1) is 0 Å². The summed E-state index contributed by atoms with van der Waals surface area (Å²) in [5.41, 5.74) is 0.524. The molecule has 1 rings (SSSR count). The molecule has 3 heteroatoms. The second kappa shape index (κ2) is 8.60. The first-order valence-electron chi connectivity index (χ1n) is 7.73. The van der Waals surface area contributed by atoms with Crippen LogP contribution in [-0.2, 0) is 4.74 Å². The number of ether oxygens (including phenoxy) is 1. The van der Waals surface area contributed by atoms with E-state index in [0.717, 1.165) is 12.2 Å². The standard InChI is InChI=1S/C16H26N2O.C2H6/c1-7-17-14-10-8-9-11-16(6,12-14)18-13(2)19-15(3,4)5;1-2/h8-12,17-18H,2,7H2,1,3-6H3;1-2H3. The molecule has 3 nitrogen and oxygen atoms in total. The molecule has 0 fully saturated rings. The maximum atomic E-state index is 5.73. The van der Waals surface area contributed by atoms with Crippen molar-refractivity contribution < 1.29 is 4.74 Å². The first-order valence-corrected chi connectivity index (χ1v) is 7.73. The van der Waals surface area contributed by atoms with Gasteiger partial charge in [0.15, 0.2) is 5.88 Å². The summed E-state index contributed by atoms with van der Waals surface area (Å²) >= 11 is 0. The minimum atomic E-state index is -0.316. The minimum absolute atomic E-state index is 0.249. The van der Waals surface area contributed by atoms with E-state index in [2.05, 4.69) is 49.3 Å². The van der Waals surface area contributed by atoms with Crippen LogP contribution in [0.4, 0.5) is 0 Å². The zero-order valence-corrected chi connectivity index (χ0v) is 14.7. The Morgan fingerprint density at radius 1 is 1.29 bits per heavy atom. The summed E-state index contributed by atoms with van der Waals surface area (Å²) in [5, 5.41) is 6.65. The lowest BCUT2D eigenvalue weighted by Gasteiger charge is -2.30. The molecule has 0 amide bonds. The van der Waals surface area contributed by atoms with Gasteiger partial charge in [0.2, 0.25) is 0 Å². The molecule has 120 valence electrons. The quantitative estimate of drug-likeness (QED) is 0.743. The van der Waals surface area contributed by atoms with Crippen molar-refractivity contribution in [3.05, 3.63) is 48.5 Å². The molecular weight excluding hydrogens is 260 g/mol. The lowest BCUT2D eigenvalue weighted by atomic mass is 10.0. The zero-order chi connectivity index (χ0) is 16.5. The second-order valence-electron chi connectivity index (χ2n) is 5.89. The molecule has 0 aromatic heterocycles. The molecule has 0 heterocycles. The van der Waals surface area contributed by atoms with E-state index in [-0.39, 0.29) is 11.1 Å². The van der Waals surface area contributed by atoms with Crippen molar-refractivity contribution in [1.29, 1.82) is 0 Å². The number of hydrogen-bond acceptors (Lipinski definition) is 3. The Balaban J connectivity index is 0.00000191. The van der Waals surface area contributed by atoms with Crippen molar-refractivity contribution in [2.24, 2.45) is 0 Å². The molecule has 0 aromatic carbocycles. The summed E-state index contributed by atoms with van der Waals surface area (Å²) in [5.74, 6) is 0.577. The van der Waals surface area contributed by atoms with E-state index in [0.29, 0.717) is 5.88 Å². The van der Waals surface area contributed by atoms with Crippen molar-refractivity contribution >= 4 is 0 Å². The summed E-state index contributed by atoms with van der Waals surface area (Å²) < 4.78 is 5.73. The lowest BCUT2D eigenvalue weighted by molar-refractivity contribution is 0.0377. The van der Waals surface area contributed by atoms with E-state index in [4.69, 9.17) is 4.74 Å². The Bertz CT molecular complexity index is 413. The minimum Gasteiger partial charge on any atom is -0.474 e. The third-order valence-electron chi connectivity index (χ3n) is 2.50. The van der Waals surface area contributed by atoms with Crippen LogP contribution in [-0.4, -0.2) is 17.7 Å². The highest BCUT2D eigenvalue weighted by molar-refractivity contribution is 5.34. The second-order valence-corrected chi connectivity index (χ2v) is 5.89. The SMILES string of the molecule is C=C(NC1(C)C=CC=CC(NCC)=C1)OC(C)(C)C.CC. The fourth-order valence-electron chi connectivity index (χ4n) is 1.92. The summed E-state index contributed by atoms with van der Waals surface area (Å²) in [6.07, 6.45) is 10.3. The highest BCUT2D eigenvalue weighted by atomic mass is 16.5. The normalized spacial score (nSPS) is 20.6. The molecule has 0 aliphatic heterocycles. The van der Waals surface area contributed by atoms with E-state index in [9.17, 15) is 0 Å². The molecule has 1 atom stereocenters. The van der Waals surface area contributed by atoms with E-state index in [1.54, 1.807) is 0 Å². The number of rotatable bonds is 5. The Hall–Kier alpha value is -1.64. The van der Waals surface area contributed by atoms with Gasteiger partial charge in [-0.2, -0.15) is 0 Å². The van der Waals surface area contributed by atoms with Crippen molar-refractivity contribution in [3.63, 3.8) is 0 Å². The van der Waals surface area contributed by atoms with Crippen LogP contribution in [0.25, 0.3) is 0 Å². The maximum Gasteiger partial charge on any atom is 0.180 e. The van der Waals surface area contributed by atoms with Crippen molar-refractivity contribution in [2.45, 2.75) is 59.6 Å². The smallest absolute Gasteiger partial charge is 0.180 e. The van der Waals surface area contributed by atoms with E-state index < -0.39 is 0 Å². The van der Waals surface area contributed by atoms with Crippen LogP contribution < -0.4 is 10.6 Å². The Morgan fingerprint density at radius 3 is 2.43 bits per heavy atom. The Morgan fingerprint density at radius 2 is 1.90 bits per heavy atom. The van der Waals surface area contributed by atoms with Crippen LogP contribution in [0.5, 0.6) is 0 Å². The largest absolute Gasteiger partial charge is 0.474 e. The molecule has 0 spiro atoms. The number of likely N-dealkylation sites (N-methyl/N-ethyl adjacent to an activating group) is 1. The van der Waals surface area contributed by atoms with Crippen LogP contribution in [0.15, 0.2) is 48.5 Å². The van der Waals surface area contributed by atoms with E-state index >= 15 is 0 Å². The van der Waals surface area contributed by atoms with Gasteiger partial charge in [-0.25, -0.2) is 0 Å². The van der Waals surface area contributed by atoms with Gasteiger partial charge >= 0.3 is 0 Å². The van der Waals surface area contributed by atoms with Gasteiger partial charge in [-0.1, -0.05) is 32.1 Å². The van der Waals surface area contributed by atoms with Crippen LogP contribution in [0.1, 0.15) is 48.5 Å². The van der Waals surface area contributed by atoms with Gasteiger partial charge < -0.3 is 15.4 Å². The number of allylic oxidation sites excluding steroid dienone is 3. The number of nitrogens with one attached hydrogen (secondary N) is 2. The molecule has 0 saturated heterocycles. The highest BCUT2D eigenvalue weighted by Gasteiger charge is 2.22. The van der Waals surface area contributed by atoms with Crippen LogP contribution in [0.2, 0.25) is 0 Å². The molecule has 21 heavy (non-hydrogen) atoms. The first-order chi connectivity index (χ1) is 9.74. The van der Waals surface area contributed by atoms with Crippen molar-refractivity contribution in [2.75, 3.05) is 6.54 Å². The lowest BCUT2D eigenvalue weighted by Crippen LogP contribution is -2.40. The van der Waals surface area contributed by atoms with E-state index in [1.165, 1.54) is 0 Å². The molecule has 2 N–H and O–H groups in total. The topological polar surface area (TPSA) is 33.3 Å². The van der Waals surface area contributed by atoms with Gasteiger partial charge in [-0.3, -0.25) is 0 Å². The van der Waals surface area contributed by atoms with Gasteiger partial charge in [0.25, 0.3) is 0 Å². The predicted molar refractivity (Wildman–Crippen MR) is 92.9 cm³/mol. The van der Waals surface area contributed by atoms with Crippen LogP contribution >= 0.6 is 0 Å². The van der Waals surface area contributed by atoms with E-state index in [1.807, 2.05) is 46.8 Å². The average molecular weight is 292 g/mol. The number of hydrogen-bond donors (Lipinski definition) is 2. The molecule has 0 saturated carbocycles. The summed E-state index contributed by atoms with van der Waals surface area (Å²) in [7, 11) is 0. The van der Waals surface area contributed by atoms with Gasteiger partial charge in [0.1, 0.15) is 5.60 Å². The van der Waals surface area contributed by atoms with Gasteiger partial charge in [-0.15, -0.1) is 0 Å². The summed E-state index contributed by atoms with van der Waals surface area (Å²) in [6.45, 7) is 19.0. The fraction of sp³-hybridized carbons (Fsp3) is 0.556. The summed E-state index contributed by atoms with van der Waals surface area (Å²) in [6, 6.07) is 0. The molecule has 0 bridgehead atoms. The van der Waals surface area contributed by atoms with Crippen molar-refractivity contribution in [3.8, 4) is 0 Å². The van der Waals surface area contributed by atoms with Gasteiger partial charge in [0.05, 0.1) is 5.54 Å². The molecule has 1 aliphatic rings. The van der Waals surface area contributed by atoms with Gasteiger partial charge in [0, 0.05) is 12.2 Å². The fourth-order valence-corrected chi connectivity index (χ4v) is 1.92. The highest BCUT2D eigenvalue weighted by Crippen LogP contribution is 2.19. The predicted octanol–water partition coefficient (Wildman–Crippen LogP) is 4.27. The van der Waals surface area contributed by atoms with Gasteiger partial charge in [-0.05, 0) is 53.3 Å². The Labute approximate surface area is 130 Å². The first kappa shape index (κ1) is 19.4. The zero-order valence-electron chi connectivity index (χ0n) is 14.7. The molecular formula is C18H32N2O. The van der Waals surface area contributed by atoms with Crippen molar-refractivity contribution in [1.82, 2.24) is 10.6 Å². The molecule has 1 unspecified atom stereocenters. The molecule has 0 radical (unpaired) electrons. The monoisotopic (exact) mass is 292 g/mol. The van der Waals surface area contributed by atoms with Crippen LogP contribution in [0.3, 0.4) is 0 Å². The summed E-state index contributed by atoms with van der Waals surface area (Å²) in [4.78, 5) is 0. The maximum absolute atomic E-state index is 5.73. The average Bonchev–Trinajstić information content (AvgIpc) is 2.51. The third-order valence-corrected chi connectivity index (χ3v) is 2.50. The Kier molecular flexibility index (Phi) is 7.93. The molecule has 0 aromatic rings. The molecule has 1 aliphatic carbocycles. The third kappa shape index (κ3) is 8.28.